The highest BCUT2D eigenvalue weighted by Gasteiger charge is 2.34. The second-order valence-corrected chi connectivity index (χ2v) is 4.68. The summed E-state index contributed by atoms with van der Waals surface area (Å²) < 4.78 is 1.36. The third-order valence-electron chi connectivity index (χ3n) is 3.24. The number of fused-ring (bicyclic) bond motifs is 3. The Balaban J connectivity index is 2.02. The number of piperidine rings is 3. The van der Waals surface area contributed by atoms with Crippen molar-refractivity contribution in [1.82, 2.24) is 9.32 Å². The zero-order valence-electron chi connectivity index (χ0n) is 8.49. The van der Waals surface area contributed by atoms with Crippen molar-refractivity contribution < 1.29 is 0 Å². The summed E-state index contributed by atoms with van der Waals surface area (Å²) in [5.41, 5.74) is 5.70. The molecule has 3 fully saturated rings. The van der Waals surface area contributed by atoms with E-state index in [-0.39, 0.29) is 0 Å². The van der Waals surface area contributed by atoms with Gasteiger partial charge in [0.15, 0.2) is 0 Å². The molecule has 0 spiro atoms. The van der Waals surface area contributed by atoms with Gasteiger partial charge < -0.3 is 10.6 Å². The van der Waals surface area contributed by atoms with Gasteiger partial charge in [-0.25, -0.2) is 4.99 Å². The molecule has 0 aromatic carbocycles. The smallest absolute Gasteiger partial charge is 0.206 e. The molecule has 0 radical (unpaired) electrons. The predicted molar refractivity (Wildman–Crippen MR) is 58.2 cm³/mol. The van der Waals surface area contributed by atoms with E-state index in [9.17, 15) is 0 Å². The molecule has 2 N–H and O–H groups in total. The number of hydrogen-bond donors (Lipinski definition) is 1. The maximum absolute atomic E-state index is 5.71. The highest BCUT2D eigenvalue weighted by Crippen LogP contribution is 2.29. The number of halogens is 1. The number of hydrogen-bond acceptors (Lipinski definition) is 2. The van der Waals surface area contributed by atoms with Gasteiger partial charge in [0.1, 0.15) is 0 Å². The Morgan fingerprint density at radius 1 is 1.50 bits per heavy atom. The van der Waals surface area contributed by atoms with Gasteiger partial charge in [0.2, 0.25) is 5.96 Å². The molecule has 4 nitrogen and oxygen atoms in total. The topological polar surface area (TPSA) is 44.9 Å². The van der Waals surface area contributed by atoms with Gasteiger partial charge in [-0.2, -0.15) is 0 Å². The second kappa shape index (κ2) is 3.95. The van der Waals surface area contributed by atoms with Crippen LogP contribution in [0.4, 0.5) is 0 Å². The van der Waals surface area contributed by atoms with Crippen LogP contribution in [0.25, 0.3) is 0 Å². The molecule has 1 unspecified atom stereocenters. The van der Waals surface area contributed by atoms with Crippen molar-refractivity contribution in [3.8, 4) is 0 Å². The lowest BCUT2D eigenvalue weighted by Crippen LogP contribution is -2.50. The lowest BCUT2D eigenvalue weighted by atomic mass is 9.84. The summed E-state index contributed by atoms with van der Waals surface area (Å²) in [6, 6.07) is 0.360. The lowest BCUT2D eigenvalue weighted by Gasteiger charge is -2.43. The Bertz CT molecular complexity index is 233. The van der Waals surface area contributed by atoms with Gasteiger partial charge in [0.05, 0.1) is 6.04 Å². The molecule has 0 aromatic heterocycles. The summed E-state index contributed by atoms with van der Waals surface area (Å²) in [7, 11) is 1.71. The normalized spacial score (nSPS) is 37.3. The van der Waals surface area contributed by atoms with Crippen LogP contribution < -0.4 is 5.73 Å². The third kappa shape index (κ3) is 1.96. The van der Waals surface area contributed by atoms with E-state index in [1.54, 1.807) is 7.05 Å². The molecule has 1 atom stereocenters. The molecular formula is C9H17ClN4. The van der Waals surface area contributed by atoms with Gasteiger partial charge >= 0.3 is 0 Å². The molecule has 3 aliphatic heterocycles. The summed E-state index contributed by atoms with van der Waals surface area (Å²) in [4.78, 5) is 6.92. The van der Waals surface area contributed by atoms with Gasteiger partial charge in [0.25, 0.3) is 0 Å². The van der Waals surface area contributed by atoms with Crippen LogP contribution in [0.2, 0.25) is 0 Å². The summed E-state index contributed by atoms with van der Waals surface area (Å²) in [5.74, 6) is 1.15. The van der Waals surface area contributed by atoms with E-state index in [4.69, 9.17) is 17.5 Å². The van der Waals surface area contributed by atoms with E-state index in [2.05, 4.69) is 9.89 Å². The minimum Gasteiger partial charge on any atom is -0.369 e. The Morgan fingerprint density at radius 2 is 2.14 bits per heavy atom. The van der Waals surface area contributed by atoms with E-state index in [1.807, 2.05) is 0 Å². The number of nitrogens with zero attached hydrogens (tertiary/aromatic N) is 3. The number of guanidine groups is 1. The first kappa shape index (κ1) is 10.1. The van der Waals surface area contributed by atoms with Crippen molar-refractivity contribution in [3.05, 3.63) is 0 Å². The minimum absolute atomic E-state index is 0.360. The van der Waals surface area contributed by atoms with Crippen LogP contribution in [0.1, 0.15) is 12.8 Å². The zero-order chi connectivity index (χ0) is 10.1. The standard InChI is InChI=1S/C9H17ClN4/c1-13(10)9(11)12-8-6-14-4-2-7(8)3-5-14/h7-8H,2-6H2,1H3,(H2,11,12). The Hall–Kier alpha value is -0.480. The zero-order valence-corrected chi connectivity index (χ0v) is 9.24. The van der Waals surface area contributed by atoms with Gasteiger partial charge in [0, 0.05) is 25.4 Å². The average Bonchev–Trinajstić information content (AvgIpc) is 2.19. The molecule has 0 saturated carbocycles. The van der Waals surface area contributed by atoms with E-state index >= 15 is 0 Å². The van der Waals surface area contributed by atoms with Gasteiger partial charge in [-0.05, 0) is 31.8 Å². The molecule has 14 heavy (non-hydrogen) atoms. The van der Waals surface area contributed by atoms with Crippen LogP contribution >= 0.6 is 11.8 Å². The fraction of sp³-hybridized carbons (Fsp3) is 0.889. The van der Waals surface area contributed by atoms with Crippen LogP contribution in [0.15, 0.2) is 4.99 Å². The maximum atomic E-state index is 5.71. The highest BCUT2D eigenvalue weighted by molar-refractivity contribution is 6.21. The van der Waals surface area contributed by atoms with Gasteiger partial charge in [-0.3, -0.25) is 4.42 Å². The Labute approximate surface area is 89.8 Å². The second-order valence-electron chi connectivity index (χ2n) is 4.17. The first-order valence-corrected chi connectivity index (χ1v) is 5.46. The fourth-order valence-electron chi connectivity index (χ4n) is 2.33. The molecule has 0 aliphatic carbocycles. The van der Waals surface area contributed by atoms with Crippen molar-refractivity contribution in [1.29, 1.82) is 0 Å². The van der Waals surface area contributed by atoms with Crippen molar-refractivity contribution in [2.75, 3.05) is 26.7 Å². The maximum Gasteiger partial charge on any atom is 0.206 e. The number of nitrogens with two attached hydrogens (primary N) is 1. The molecule has 3 rings (SSSR count). The first-order chi connectivity index (χ1) is 6.66. The fourth-order valence-corrected chi connectivity index (χ4v) is 2.37. The molecule has 2 bridgehead atoms. The lowest BCUT2D eigenvalue weighted by molar-refractivity contribution is 0.0902. The van der Waals surface area contributed by atoms with Crippen molar-refractivity contribution >= 4 is 17.7 Å². The summed E-state index contributed by atoms with van der Waals surface area (Å²) in [6.07, 6.45) is 2.51. The minimum atomic E-state index is 0.360. The van der Waals surface area contributed by atoms with Crippen molar-refractivity contribution in [2.45, 2.75) is 18.9 Å². The molecule has 0 aromatic rings. The van der Waals surface area contributed by atoms with E-state index < -0.39 is 0 Å². The van der Waals surface area contributed by atoms with E-state index in [1.165, 1.54) is 30.4 Å². The number of aliphatic imine (C=N–C) groups is 1. The average molecular weight is 217 g/mol. The predicted octanol–water partition coefficient (Wildman–Crippen LogP) is 0.481. The van der Waals surface area contributed by atoms with E-state index in [0.29, 0.717) is 12.0 Å². The van der Waals surface area contributed by atoms with E-state index in [0.717, 1.165) is 12.5 Å². The van der Waals surface area contributed by atoms with Crippen LogP contribution in [-0.4, -0.2) is 48.0 Å². The summed E-state index contributed by atoms with van der Waals surface area (Å²) in [6.45, 7) is 3.51. The van der Waals surface area contributed by atoms with Gasteiger partial charge in [-0.15, -0.1) is 0 Å². The summed E-state index contributed by atoms with van der Waals surface area (Å²) in [5, 5.41) is 0. The SMILES string of the molecule is CN(Cl)C(N)=NC1CN2CCC1CC2. The summed E-state index contributed by atoms with van der Waals surface area (Å²) >= 11 is 5.71. The van der Waals surface area contributed by atoms with Crippen LogP contribution in [0, 0.1) is 5.92 Å². The van der Waals surface area contributed by atoms with Crippen LogP contribution in [-0.2, 0) is 0 Å². The van der Waals surface area contributed by atoms with Gasteiger partial charge in [-0.1, -0.05) is 0 Å². The van der Waals surface area contributed by atoms with Crippen LogP contribution in [0.3, 0.4) is 0 Å². The Kier molecular flexibility index (Phi) is 2.83. The monoisotopic (exact) mass is 216 g/mol. The number of rotatable bonds is 1. The molecule has 3 saturated heterocycles. The largest absolute Gasteiger partial charge is 0.369 e. The van der Waals surface area contributed by atoms with Crippen molar-refractivity contribution in [3.63, 3.8) is 0 Å². The van der Waals surface area contributed by atoms with Crippen molar-refractivity contribution in [2.24, 2.45) is 16.6 Å². The molecule has 0 amide bonds. The molecular weight excluding hydrogens is 200 g/mol. The third-order valence-corrected chi connectivity index (χ3v) is 3.41. The highest BCUT2D eigenvalue weighted by atomic mass is 35.5. The molecule has 5 heteroatoms. The molecule has 80 valence electrons. The van der Waals surface area contributed by atoms with Crippen LogP contribution in [0.5, 0.6) is 0 Å². The molecule has 3 aliphatic rings. The quantitative estimate of drug-likeness (QED) is 0.394. The Morgan fingerprint density at radius 3 is 2.57 bits per heavy atom. The molecule has 3 heterocycles. The first-order valence-electron chi connectivity index (χ1n) is 5.12.